The maximum atomic E-state index is 10.3. The molecule has 0 fully saturated rings. The van der Waals surface area contributed by atoms with Gasteiger partial charge in [0.05, 0.1) is 12.0 Å². The minimum atomic E-state index is -1.58. The molecule has 0 aliphatic rings. The number of carboxylic acid groups (broad SMARTS) is 2. The second-order valence-corrected chi connectivity index (χ2v) is 2.29. The summed E-state index contributed by atoms with van der Waals surface area (Å²) >= 11 is 0. The second kappa shape index (κ2) is 7.16. The van der Waals surface area contributed by atoms with E-state index in [1.165, 1.54) is 0 Å². The molecule has 83 valence electrons. The summed E-state index contributed by atoms with van der Waals surface area (Å²) in [6.45, 7) is 0. The van der Waals surface area contributed by atoms with E-state index in [-0.39, 0.29) is 23.5 Å². The van der Waals surface area contributed by atoms with Crippen molar-refractivity contribution in [2.24, 2.45) is 5.73 Å². The maximum Gasteiger partial charge on any atom is 2.00 e. The zero-order valence-electron chi connectivity index (χ0n) is 6.91. The summed E-state index contributed by atoms with van der Waals surface area (Å²) in [5.41, 5.74) is 4.63. The van der Waals surface area contributed by atoms with Crippen LogP contribution in [0.15, 0.2) is 0 Å². The summed E-state index contributed by atoms with van der Waals surface area (Å²) in [5, 5.41) is 22.0. The molecule has 2 amide bonds. The second-order valence-electron chi connectivity index (χ2n) is 2.29. The van der Waals surface area contributed by atoms with E-state index >= 15 is 0 Å². The molecule has 7 nitrogen and oxygen atoms in total. The van der Waals surface area contributed by atoms with Gasteiger partial charge in [0.15, 0.2) is 0 Å². The van der Waals surface area contributed by atoms with Crippen molar-refractivity contribution >= 4 is 18.0 Å². The molecule has 0 rings (SSSR count). The van der Waals surface area contributed by atoms with Crippen molar-refractivity contribution < 1.29 is 41.7 Å². The number of nitrogens with two attached hydrogens (primary N) is 1. The SMILES string of the molecule is NC(=O)NC(CCC(=O)[O-])C(=O)[O-].[Cu+2]. The van der Waals surface area contributed by atoms with Crippen LogP contribution in [0.3, 0.4) is 0 Å². The largest absolute Gasteiger partial charge is 2.00 e. The molecule has 0 saturated carbocycles. The van der Waals surface area contributed by atoms with Gasteiger partial charge in [-0.3, -0.25) is 0 Å². The van der Waals surface area contributed by atoms with Gasteiger partial charge in [-0.25, -0.2) is 4.79 Å². The fourth-order valence-corrected chi connectivity index (χ4v) is 0.683. The van der Waals surface area contributed by atoms with Crippen LogP contribution >= 0.6 is 0 Å². The van der Waals surface area contributed by atoms with Crippen LogP contribution in [-0.2, 0) is 26.7 Å². The standard InChI is InChI=1S/C6H10N2O5.Cu/c7-6(13)8-3(5(11)12)1-2-4(9)10;/h3H,1-2H2,(H,9,10)(H,11,12)(H3,7,8,13);/q;+2/p-2. The summed E-state index contributed by atoms with van der Waals surface area (Å²) < 4.78 is 0. The molecule has 3 N–H and O–H groups in total. The predicted octanol–water partition coefficient (Wildman–Crippen LogP) is -3.70. The molecule has 14 heavy (non-hydrogen) atoms. The molecule has 0 bridgehead atoms. The van der Waals surface area contributed by atoms with Crippen LogP contribution in [0.2, 0.25) is 0 Å². The van der Waals surface area contributed by atoms with Crippen molar-refractivity contribution in [3.63, 3.8) is 0 Å². The Morgan fingerprint density at radius 3 is 2.07 bits per heavy atom. The van der Waals surface area contributed by atoms with E-state index in [4.69, 9.17) is 0 Å². The summed E-state index contributed by atoms with van der Waals surface area (Å²) in [4.78, 5) is 30.4. The van der Waals surface area contributed by atoms with Gasteiger partial charge in [0, 0.05) is 5.97 Å². The van der Waals surface area contributed by atoms with Crippen molar-refractivity contribution in [2.45, 2.75) is 18.9 Å². The van der Waals surface area contributed by atoms with Crippen LogP contribution in [0, 0.1) is 0 Å². The topological polar surface area (TPSA) is 135 Å². The van der Waals surface area contributed by atoms with Gasteiger partial charge in [0.2, 0.25) is 0 Å². The number of carbonyl (C=O) groups is 3. The Morgan fingerprint density at radius 2 is 1.79 bits per heavy atom. The molecule has 1 unspecified atom stereocenters. The van der Waals surface area contributed by atoms with Crippen molar-refractivity contribution in [2.75, 3.05) is 0 Å². The molecular formula is C6H8CuN2O5. The average molecular weight is 252 g/mol. The molecule has 0 aromatic rings. The van der Waals surface area contributed by atoms with E-state index in [1.807, 2.05) is 5.32 Å². The van der Waals surface area contributed by atoms with E-state index in [0.717, 1.165) is 0 Å². The number of carboxylic acids is 2. The number of carbonyl (C=O) groups excluding carboxylic acids is 3. The number of hydrogen-bond donors (Lipinski definition) is 2. The van der Waals surface area contributed by atoms with Gasteiger partial charge in [-0.05, 0) is 12.8 Å². The minimum Gasteiger partial charge on any atom is -0.550 e. The van der Waals surface area contributed by atoms with Crippen molar-refractivity contribution in [3.05, 3.63) is 0 Å². The third-order valence-electron chi connectivity index (χ3n) is 1.24. The first kappa shape index (κ1) is 15.2. The fraction of sp³-hybridized carbons (Fsp3) is 0.500. The van der Waals surface area contributed by atoms with Crippen molar-refractivity contribution in [3.8, 4) is 0 Å². The van der Waals surface area contributed by atoms with E-state index in [2.05, 4.69) is 5.73 Å². The normalized spacial score (nSPS) is 10.9. The third-order valence-corrected chi connectivity index (χ3v) is 1.24. The average Bonchev–Trinajstić information content (AvgIpc) is 1.96. The quantitative estimate of drug-likeness (QED) is 0.485. The maximum absolute atomic E-state index is 10.3. The van der Waals surface area contributed by atoms with Crippen LogP contribution in [0.1, 0.15) is 12.8 Å². The molecule has 1 radical (unpaired) electrons. The van der Waals surface area contributed by atoms with Gasteiger partial charge in [0.25, 0.3) is 0 Å². The Bertz CT molecular complexity index is 232. The van der Waals surface area contributed by atoms with E-state index in [9.17, 15) is 24.6 Å². The van der Waals surface area contributed by atoms with Gasteiger partial charge in [-0.2, -0.15) is 0 Å². The first-order valence-electron chi connectivity index (χ1n) is 3.40. The summed E-state index contributed by atoms with van der Waals surface area (Å²) in [6, 6.07) is -2.44. The summed E-state index contributed by atoms with van der Waals surface area (Å²) in [6.07, 6.45) is -0.799. The van der Waals surface area contributed by atoms with Gasteiger partial charge in [-0.15, -0.1) is 0 Å². The van der Waals surface area contributed by atoms with E-state index < -0.39 is 30.4 Å². The predicted molar refractivity (Wildman–Crippen MR) is 35.8 cm³/mol. The zero-order valence-corrected chi connectivity index (χ0v) is 7.85. The molecule has 0 spiro atoms. The molecule has 1 atom stereocenters. The molecule has 0 aliphatic carbocycles. The molecule has 0 aromatic carbocycles. The molecule has 0 heterocycles. The number of amides is 2. The molecule has 0 aromatic heterocycles. The van der Waals surface area contributed by atoms with Gasteiger partial charge in [-0.1, -0.05) is 0 Å². The van der Waals surface area contributed by atoms with E-state index in [1.54, 1.807) is 0 Å². The van der Waals surface area contributed by atoms with Crippen LogP contribution in [0.5, 0.6) is 0 Å². The summed E-state index contributed by atoms with van der Waals surface area (Å²) in [5.74, 6) is -2.99. The number of urea groups is 1. The van der Waals surface area contributed by atoms with Crippen molar-refractivity contribution in [1.82, 2.24) is 5.32 Å². The Morgan fingerprint density at radius 1 is 1.29 bits per heavy atom. The van der Waals surface area contributed by atoms with Gasteiger partial charge < -0.3 is 30.9 Å². The zero-order chi connectivity index (χ0) is 10.4. The first-order valence-corrected chi connectivity index (χ1v) is 3.40. The number of primary amides is 1. The van der Waals surface area contributed by atoms with Crippen LogP contribution in [-0.4, -0.2) is 24.0 Å². The van der Waals surface area contributed by atoms with Crippen LogP contribution in [0.25, 0.3) is 0 Å². The smallest absolute Gasteiger partial charge is 0.550 e. The van der Waals surface area contributed by atoms with Gasteiger partial charge in [0.1, 0.15) is 0 Å². The summed E-state index contributed by atoms with van der Waals surface area (Å²) in [7, 11) is 0. The van der Waals surface area contributed by atoms with Crippen LogP contribution < -0.4 is 21.3 Å². The van der Waals surface area contributed by atoms with Gasteiger partial charge >= 0.3 is 23.1 Å². The Balaban J connectivity index is 0. The monoisotopic (exact) mass is 251 g/mol. The number of rotatable bonds is 5. The van der Waals surface area contributed by atoms with Crippen molar-refractivity contribution in [1.29, 1.82) is 0 Å². The number of nitrogens with one attached hydrogen (secondary N) is 1. The Labute approximate surface area is 90.1 Å². The van der Waals surface area contributed by atoms with Crippen LogP contribution in [0.4, 0.5) is 4.79 Å². The minimum absolute atomic E-state index is 0. The van der Waals surface area contributed by atoms with E-state index in [0.29, 0.717) is 0 Å². The number of aliphatic carboxylic acids is 2. The molecule has 0 aliphatic heterocycles. The third kappa shape index (κ3) is 7.38. The fourth-order valence-electron chi connectivity index (χ4n) is 0.683. The molecular weight excluding hydrogens is 244 g/mol. The molecule has 0 saturated heterocycles. The first-order chi connectivity index (χ1) is 5.93. The Hall–Kier alpha value is -1.27. The Kier molecular flexibility index (Phi) is 7.78. The molecule has 8 heteroatoms. The number of hydrogen-bond acceptors (Lipinski definition) is 5.